The number of hydrogen-bond acceptors (Lipinski definition) is 5. The van der Waals surface area contributed by atoms with Crippen LogP contribution in [0.25, 0.3) is 0 Å². The lowest BCUT2D eigenvalue weighted by Gasteiger charge is -2.27. The molecule has 0 aromatic heterocycles. The van der Waals surface area contributed by atoms with Gasteiger partial charge in [-0.3, -0.25) is 9.69 Å². The first-order valence-electron chi connectivity index (χ1n) is 9.50. The lowest BCUT2D eigenvalue weighted by atomic mass is 10.1. The molecule has 0 bridgehead atoms. The molecule has 0 spiro atoms. The molecule has 2 N–H and O–H groups in total. The van der Waals surface area contributed by atoms with Crippen LogP contribution in [0.4, 0.5) is 5.69 Å². The minimum absolute atomic E-state index is 0.152. The Balaban J connectivity index is 1.37. The van der Waals surface area contributed by atoms with E-state index in [1.54, 1.807) is 0 Å². The zero-order valence-electron chi connectivity index (χ0n) is 15.6. The Morgan fingerprint density at radius 2 is 1.63 bits per heavy atom. The molecular formula is C19H28N4O3S. The minimum Gasteiger partial charge on any atom is -0.379 e. The quantitative estimate of drug-likeness (QED) is 0.691. The summed E-state index contributed by atoms with van der Waals surface area (Å²) in [6.07, 6.45) is 0.419. The van der Waals surface area contributed by atoms with Crippen molar-refractivity contribution in [3.05, 3.63) is 29.8 Å². The third kappa shape index (κ3) is 6.73. The fourth-order valence-electron chi connectivity index (χ4n) is 3.13. The number of anilines is 1. The number of rotatable bonds is 6. The highest BCUT2D eigenvalue weighted by Gasteiger charge is 2.16. The number of nitrogens with one attached hydrogen (secondary N) is 2. The Morgan fingerprint density at radius 3 is 2.30 bits per heavy atom. The van der Waals surface area contributed by atoms with Crippen LogP contribution < -0.4 is 10.6 Å². The van der Waals surface area contributed by atoms with Crippen LogP contribution in [0.1, 0.15) is 5.56 Å². The average molecular weight is 393 g/mol. The van der Waals surface area contributed by atoms with Crippen molar-refractivity contribution in [2.24, 2.45) is 0 Å². The predicted octanol–water partition coefficient (Wildman–Crippen LogP) is 0.706. The van der Waals surface area contributed by atoms with Gasteiger partial charge in [0.2, 0.25) is 5.91 Å². The van der Waals surface area contributed by atoms with E-state index in [1.807, 2.05) is 29.2 Å². The monoisotopic (exact) mass is 392 g/mol. The molecule has 2 aliphatic rings. The Labute approximate surface area is 166 Å². The molecule has 0 unspecified atom stereocenters. The van der Waals surface area contributed by atoms with E-state index in [4.69, 9.17) is 21.7 Å². The van der Waals surface area contributed by atoms with Crippen molar-refractivity contribution in [1.82, 2.24) is 15.1 Å². The van der Waals surface area contributed by atoms with E-state index >= 15 is 0 Å². The van der Waals surface area contributed by atoms with Gasteiger partial charge in [-0.1, -0.05) is 12.1 Å². The van der Waals surface area contributed by atoms with Gasteiger partial charge in [-0.15, -0.1) is 0 Å². The number of nitrogens with zero attached hydrogens (tertiary/aromatic N) is 2. The van der Waals surface area contributed by atoms with E-state index in [2.05, 4.69) is 15.5 Å². The number of carbonyl (C=O) groups is 1. The minimum atomic E-state index is 0.152. The molecule has 2 heterocycles. The maximum absolute atomic E-state index is 12.3. The van der Waals surface area contributed by atoms with Crippen LogP contribution >= 0.6 is 12.2 Å². The summed E-state index contributed by atoms with van der Waals surface area (Å²) in [6.45, 7) is 7.96. The molecule has 2 saturated heterocycles. The standard InChI is InChI=1S/C19H28N4O3S/c24-18(23-9-13-26-14-10-23)15-16-1-3-17(4-2-16)21-19(27)20-5-6-22-7-11-25-12-8-22/h1-4H,5-15H2,(H2,20,21,27). The Morgan fingerprint density at radius 1 is 1.00 bits per heavy atom. The largest absolute Gasteiger partial charge is 0.379 e. The van der Waals surface area contributed by atoms with E-state index in [0.29, 0.717) is 37.8 Å². The van der Waals surface area contributed by atoms with Gasteiger partial charge in [0.15, 0.2) is 5.11 Å². The number of carbonyl (C=O) groups excluding carboxylic acids is 1. The highest BCUT2D eigenvalue weighted by Crippen LogP contribution is 2.11. The van der Waals surface area contributed by atoms with Gasteiger partial charge in [0.05, 0.1) is 32.8 Å². The lowest BCUT2D eigenvalue weighted by Crippen LogP contribution is -2.42. The fraction of sp³-hybridized carbons (Fsp3) is 0.579. The second kappa shape index (κ2) is 10.6. The summed E-state index contributed by atoms with van der Waals surface area (Å²) in [4.78, 5) is 16.5. The van der Waals surface area contributed by atoms with Crippen LogP contribution in [0.2, 0.25) is 0 Å². The van der Waals surface area contributed by atoms with E-state index in [9.17, 15) is 4.79 Å². The van der Waals surface area contributed by atoms with Crippen molar-refractivity contribution >= 4 is 28.9 Å². The van der Waals surface area contributed by atoms with Crippen LogP contribution in [-0.4, -0.2) is 86.5 Å². The van der Waals surface area contributed by atoms with Gasteiger partial charge in [-0.05, 0) is 29.9 Å². The number of benzene rings is 1. The number of hydrogen-bond donors (Lipinski definition) is 2. The molecule has 27 heavy (non-hydrogen) atoms. The highest BCUT2D eigenvalue weighted by molar-refractivity contribution is 7.80. The van der Waals surface area contributed by atoms with Gasteiger partial charge in [-0.2, -0.15) is 0 Å². The summed E-state index contributed by atoms with van der Waals surface area (Å²) >= 11 is 5.35. The first kappa shape index (κ1) is 20.0. The van der Waals surface area contributed by atoms with Gasteiger partial charge in [-0.25, -0.2) is 0 Å². The lowest BCUT2D eigenvalue weighted by molar-refractivity contribution is -0.134. The van der Waals surface area contributed by atoms with Crippen LogP contribution in [0, 0.1) is 0 Å². The van der Waals surface area contributed by atoms with Crippen molar-refractivity contribution in [3.8, 4) is 0 Å². The van der Waals surface area contributed by atoms with Crippen molar-refractivity contribution in [2.75, 3.05) is 71.0 Å². The molecule has 0 atom stereocenters. The maximum atomic E-state index is 12.3. The van der Waals surface area contributed by atoms with E-state index in [-0.39, 0.29) is 5.91 Å². The Hall–Kier alpha value is -1.74. The smallest absolute Gasteiger partial charge is 0.227 e. The molecule has 1 aromatic rings. The molecule has 0 saturated carbocycles. The molecule has 1 amide bonds. The van der Waals surface area contributed by atoms with E-state index in [1.165, 1.54) is 0 Å². The normalized spacial score (nSPS) is 18.1. The third-order valence-corrected chi connectivity index (χ3v) is 4.99. The predicted molar refractivity (Wildman–Crippen MR) is 109 cm³/mol. The molecule has 1 aromatic carbocycles. The third-order valence-electron chi connectivity index (χ3n) is 4.75. The van der Waals surface area contributed by atoms with Crippen LogP contribution in [0.3, 0.4) is 0 Å². The molecule has 2 fully saturated rings. The molecule has 7 nitrogen and oxygen atoms in total. The van der Waals surface area contributed by atoms with Gasteiger partial charge < -0.3 is 25.0 Å². The molecular weight excluding hydrogens is 364 g/mol. The van der Waals surface area contributed by atoms with E-state index in [0.717, 1.165) is 50.6 Å². The number of ether oxygens (including phenoxy) is 2. The van der Waals surface area contributed by atoms with Gasteiger partial charge >= 0.3 is 0 Å². The zero-order valence-corrected chi connectivity index (χ0v) is 16.4. The SMILES string of the molecule is O=C(Cc1ccc(NC(=S)NCCN2CCOCC2)cc1)N1CCOCC1. The summed E-state index contributed by atoms with van der Waals surface area (Å²) in [5.74, 6) is 0.152. The molecule has 8 heteroatoms. The molecule has 2 aliphatic heterocycles. The summed E-state index contributed by atoms with van der Waals surface area (Å²) in [5.41, 5.74) is 1.92. The van der Waals surface area contributed by atoms with Crippen molar-refractivity contribution < 1.29 is 14.3 Å². The van der Waals surface area contributed by atoms with Crippen molar-refractivity contribution in [1.29, 1.82) is 0 Å². The molecule has 3 rings (SSSR count). The summed E-state index contributed by atoms with van der Waals surface area (Å²) in [6, 6.07) is 7.85. The summed E-state index contributed by atoms with van der Waals surface area (Å²) < 4.78 is 10.6. The Bertz CT molecular complexity index is 614. The molecule has 0 aliphatic carbocycles. The maximum Gasteiger partial charge on any atom is 0.227 e. The summed E-state index contributed by atoms with van der Waals surface area (Å²) in [7, 11) is 0. The van der Waals surface area contributed by atoms with Gasteiger partial charge in [0.1, 0.15) is 0 Å². The number of morpholine rings is 2. The number of amides is 1. The van der Waals surface area contributed by atoms with E-state index < -0.39 is 0 Å². The van der Waals surface area contributed by atoms with Crippen LogP contribution in [0.15, 0.2) is 24.3 Å². The zero-order chi connectivity index (χ0) is 18.9. The van der Waals surface area contributed by atoms with Crippen LogP contribution in [0.5, 0.6) is 0 Å². The van der Waals surface area contributed by atoms with Crippen molar-refractivity contribution in [3.63, 3.8) is 0 Å². The Kier molecular flexibility index (Phi) is 7.82. The summed E-state index contributed by atoms with van der Waals surface area (Å²) in [5, 5.41) is 7.03. The molecule has 0 radical (unpaired) electrons. The average Bonchev–Trinajstić information content (AvgIpc) is 2.71. The second-order valence-electron chi connectivity index (χ2n) is 6.70. The fourth-order valence-corrected chi connectivity index (χ4v) is 3.35. The first-order valence-corrected chi connectivity index (χ1v) is 9.91. The number of thiocarbonyl (C=S) groups is 1. The first-order chi connectivity index (χ1) is 13.2. The van der Waals surface area contributed by atoms with Gasteiger partial charge in [0.25, 0.3) is 0 Å². The van der Waals surface area contributed by atoms with Crippen LogP contribution in [-0.2, 0) is 20.7 Å². The highest BCUT2D eigenvalue weighted by atomic mass is 32.1. The molecule has 148 valence electrons. The van der Waals surface area contributed by atoms with Gasteiger partial charge in [0, 0.05) is 45.0 Å². The topological polar surface area (TPSA) is 66.1 Å². The second-order valence-corrected chi connectivity index (χ2v) is 7.11. The van der Waals surface area contributed by atoms with Crippen molar-refractivity contribution in [2.45, 2.75) is 6.42 Å².